The van der Waals surface area contributed by atoms with Gasteiger partial charge in [0.25, 0.3) is 5.56 Å². The summed E-state index contributed by atoms with van der Waals surface area (Å²) < 4.78 is 1.63. The van der Waals surface area contributed by atoms with Crippen molar-refractivity contribution in [2.75, 3.05) is 11.9 Å². The van der Waals surface area contributed by atoms with Crippen LogP contribution in [0.2, 0.25) is 0 Å². The Bertz CT molecular complexity index is 1160. The summed E-state index contributed by atoms with van der Waals surface area (Å²) in [6.45, 7) is 4.21. The zero-order valence-corrected chi connectivity index (χ0v) is 16.5. The molecule has 0 saturated heterocycles. The van der Waals surface area contributed by atoms with Crippen molar-refractivity contribution in [2.24, 2.45) is 0 Å². The SMILES string of the molecule is Cc1ccc(NCC(O)CC2c3ccccc3-n3c2c(C#N)c(C)cc3=O)cc1. The Labute approximate surface area is 169 Å². The zero-order valence-electron chi connectivity index (χ0n) is 16.5. The predicted molar refractivity (Wildman–Crippen MR) is 114 cm³/mol. The molecule has 2 N–H and O–H groups in total. The van der Waals surface area contributed by atoms with Gasteiger partial charge in [0.15, 0.2) is 0 Å². The van der Waals surface area contributed by atoms with Crippen LogP contribution in [0.4, 0.5) is 5.69 Å². The monoisotopic (exact) mass is 385 g/mol. The van der Waals surface area contributed by atoms with E-state index in [2.05, 4.69) is 11.4 Å². The number of rotatable bonds is 5. The molecule has 29 heavy (non-hydrogen) atoms. The van der Waals surface area contributed by atoms with Crippen LogP contribution >= 0.6 is 0 Å². The number of aliphatic hydroxyl groups is 1. The summed E-state index contributed by atoms with van der Waals surface area (Å²) in [5.41, 5.74) is 5.64. The number of nitrogens with zero attached hydrogens (tertiary/aromatic N) is 2. The minimum atomic E-state index is -0.636. The number of anilines is 1. The number of aryl methyl sites for hydroxylation is 2. The maximum absolute atomic E-state index is 12.7. The molecule has 0 spiro atoms. The van der Waals surface area contributed by atoms with Crippen LogP contribution in [-0.4, -0.2) is 22.3 Å². The Morgan fingerprint density at radius 1 is 1.17 bits per heavy atom. The highest BCUT2D eigenvalue weighted by molar-refractivity contribution is 5.59. The van der Waals surface area contributed by atoms with Crippen LogP contribution in [0.15, 0.2) is 59.4 Å². The number of nitrogens with one attached hydrogen (secondary N) is 1. The second-order valence-electron chi connectivity index (χ2n) is 7.62. The molecular formula is C24H23N3O2. The van der Waals surface area contributed by atoms with Crippen molar-refractivity contribution in [3.05, 3.63) is 92.9 Å². The fourth-order valence-corrected chi connectivity index (χ4v) is 4.11. The van der Waals surface area contributed by atoms with E-state index in [0.717, 1.165) is 16.9 Å². The van der Waals surface area contributed by atoms with Crippen LogP contribution in [0.5, 0.6) is 0 Å². The Kier molecular flexibility index (Phi) is 4.96. The third-order valence-electron chi connectivity index (χ3n) is 5.55. The maximum Gasteiger partial charge on any atom is 0.255 e. The van der Waals surface area contributed by atoms with E-state index in [1.807, 2.05) is 55.5 Å². The molecule has 2 atom stereocenters. The summed E-state index contributed by atoms with van der Waals surface area (Å²) in [6, 6.07) is 19.5. The van der Waals surface area contributed by atoms with Gasteiger partial charge in [0.05, 0.1) is 23.0 Å². The summed E-state index contributed by atoms with van der Waals surface area (Å²) >= 11 is 0. The molecule has 1 aliphatic rings. The van der Waals surface area contributed by atoms with Gasteiger partial charge in [0, 0.05) is 24.2 Å². The van der Waals surface area contributed by atoms with Gasteiger partial charge in [-0.15, -0.1) is 0 Å². The normalized spacial score (nSPS) is 15.3. The molecule has 5 nitrogen and oxygen atoms in total. The molecule has 3 aromatic rings. The molecule has 1 aromatic heterocycles. The van der Waals surface area contributed by atoms with E-state index in [9.17, 15) is 15.2 Å². The lowest BCUT2D eigenvalue weighted by Crippen LogP contribution is -2.24. The van der Waals surface area contributed by atoms with Crippen molar-refractivity contribution in [1.29, 1.82) is 5.26 Å². The van der Waals surface area contributed by atoms with E-state index in [1.165, 1.54) is 11.6 Å². The van der Waals surface area contributed by atoms with E-state index < -0.39 is 6.10 Å². The van der Waals surface area contributed by atoms with Gasteiger partial charge < -0.3 is 10.4 Å². The van der Waals surface area contributed by atoms with Crippen LogP contribution in [0.3, 0.4) is 0 Å². The molecule has 5 heteroatoms. The summed E-state index contributed by atoms with van der Waals surface area (Å²) in [5.74, 6) is -0.205. The maximum atomic E-state index is 12.7. The standard InChI is InChI=1S/C24H23N3O2/c1-15-7-9-17(10-8-15)26-14-18(28)12-20-19-5-3-4-6-22(19)27-23(29)11-16(2)21(13-25)24(20)27/h3-11,18,20,26,28H,12,14H2,1-2H3. The number of pyridine rings is 1. The number of aliphatic hydroxyl groups excluding tert-OH is 1. The quantitative estimate of drug-likeness (QED) is 0.703. The lowest BCUT2D eigenvalue weighted by atomic mass is 9.89. The average molecular weight is 385 g/mol. The molecule has 0 amide bonds. The summed E-state index contributed by atoms with van der Waals surface area (Å²) in [4.78, 5) is 12.7. The molecule has 0 radical (unpaired) electrons. The number of benzene rings is 2. The molecule has 4 rings (SSSR count). The van der Waals surface area contributed by atoms with Gasteiger partial charge in [-0.1, -0.05) is 35.9 Å². The van der Waals surface area contributed by atoms with E-state index >= 15 is 0 Å². The number of nitriles is 1. The molecule has 0 saturated carbocycles. The first-order chi connectivity index (χ1) is 14.0. The third kappa shape index (κ3) is 3.43. The van der Waals surface area contributed by atoms with Gasteiger partial charge in [-0.05, 0) is 49.6 Å². The van der Waals surface area contributed by atoms with Crippen LogP contribution < -0.4 is 10.9 Å². The van der Waals surface area contributed by atoms with Gasteiger partial charge in [-0.25, -0.2) is 0 Å². The lowest BCUT2D eigenvalue weighted by molar-refractivity contribution is 0.172. The fourth-order valence-electron chi connectivity index (χ4n) is 4.11. The second kappa shape index (κ2) is 7.57. The van der Waals surface area contributed by atoms with Crippen molar-refractivity contribution in [2.45, 2.75) is 32.3 Å². The summed E-state index contributed by atoms with van der Waals surface area (Å²) in [7, 11) is 0. The smallest absolute Gasteiger partial charge is 0.255 e. The third-order valence-corrected chi connectivity index (χ3v) is 5.55. The Morgan fingerprint density at radius 2 is 1.90 bits per heavy atom. The molecule has 0 fully saturated rings. The van der Waals surface area contributed by atoms with Gasteiger partial charge in [0.2, 0.25) is 0 Å². The Morgan fingerprint density at radius 3 is 2.62 bits per heavy atom. The van der Waals surface area contributed by atoms with Gasteiger partial charge in [-0.3, -0.25) is 9.36 Å². The molecule has 0 bridgehead atoms. The highest BCUT2D eigenvalue weighted by Crippen LogP contribution is 2.41. The second-order valence-corrected chi connectivity index (χ2v) is 7.62. The average Bonchev–Trinajstić information content (AvgIpc) is 3.03. The summed E-state index contributed by atoms with van der Waals surface area (Å²) in [6.07, 6.45) is -0.212. The van der Waals surface area contributed by atoms with Crippen LogP contribution in [0.25, 0.3) is 5.69 Å². The van der Waals surface area contributed by atoms with Crippen molar-refractivity contribution in [3.8, 4) is 11.8 Å². The predicted octanol–water partition coefficient (Wildman–Crippen LogP) is 3.63. The van der Waals surface area contributed by atoms with E-state index in [4.69, 9.17) is 0 Å². The van der Waals surface area contributed by atoms with Crippen LogP contribution in [0.1, 0.15) is 40.3 Å². The van der Waals surface area contributed by atoms with Crippen LogP contribution in [0, 0.1) is 25.2 Å². The van der Waals surface area contributed by atoms with Gasteiger partial charge in [0.1, 0.15) is 6.07 Å². The molecule has 2 heterocycles. The number of hydrogen-bond donors (Lipinski definition) is 2. The minimum Gasteiger partial charge on any atom is -0.391 e. The van der Waals surface area contributed by atoms with Crippen molar-refractivity contribution < 1.29 is 5.11 Å². The topological polar surface area (TPSA) is 78.0 Å². The largest absolute Gasteiger partial charge is 0.391 e. The van der Waals surface area contributed by atoms with Gasteiger partial charge in [-0.2, -0.15) is 5.26 Å². The van der Waals surface area contributed by atoms with E-state index in [-0.39, 0.29) is 11.5 Å². The van der Waals surface area contributed by atoms with E-state index in [1.54, 1.807) is 11.5 Å². The molecule has 1 aliphatic heterocycles. The molecule has 0 aliphatic carbocycles. The van der Waals surface area contributed by atoms with Crippen molar-refractivity contribution in [1.82, 2.24) is 4.57 Å². The van der Waals surface area contributed by atoms with Gasteiger partial charge >= 0.3 is 0 Å². The van der Waals surface area contributed by atoms with Crippen LogP contribution in [-0.2, 0) is 0 Å². The van der Waals surface area contributed by atoms with Crippen molar-refractivity contribution in [3.63, 3.8) is 0 Å². The highest BCUT2D eigenvalue weighted by atomic mass is 16.3. The molecular weight excluding hydrogens is 362 g/mol. The first kappa shape index (κ1) is 19.0. The number of para-hydroxylation sites is 1. The Hall–Kier alpha value is -3.36. The first-order valence-corrected chi connectivity index (χ1v) is 9.74. The molecule has 2 unspecified atom stereocenters. The fraction of sp³-hybridized carbons (Fsp3) is 0.250. The number of fused-ring (bicyclic) bond motifs is 3. The Balaban J connectivity index is 1.65. The van der Waals surface area contributed by atoms with Crippen molar-refractivity contribution >= 4 is 5.69 Å². The molecule has 146 valence electrons. The van der Waals surface area contributed by atoms with E-state index in [0.29, 0.717) is 29.8 Å². The minimum absolute atomic E-state index is 0.140. The molecule has 2 aromatic carbocycles. The number of hydrogen-bond acceptors (Lipinski definition) is 4. The highest BCUT2D eigenvalue weighted by Gasteiger charge is 2.34. The lowest BCUT2D eigenvalue weighted by Gasteiger charge is -2.19. The zero-order chi connectivity index (χ0) is 20.5. The summed E-state index contributed by atoms with van der Waals surface area (Å²) in [5, 5.41) is 23.7. The number of aromatic nitrogens is 1. The first-order valence-electron chi connectivity index (χ1n) is 9.74.